The number of benzene rings is 1. The molecule has 1 aliphatic rings. The molecule has 0 amide bonds. The maximum absolute atomic E-state index is 4.56. The predicted molar refractivity (Wildman–Crippen MR) is 80.4 cm³/mol. The Hall–Kier alpha value is -1.90. The number of anilines is 1. The molecule has 3 heteroatoms. The monoisotopic (exact) mass is 253 g/mol. The fourth-order valence-electron chi connectivity index (χ4n) is 2.63. The van der Waals surface area contributed by atoms with Crippen molar-refractivity contribution in [1.82, 2.24) is 4.98 Å². The Labute approximate surface area is 113 Å². The van der Waals surface area contributed by atoms with Gasteiger partial charge in [-0.1, -0.05) is 25.1 Å². The first-order valence-electron chi connectivity index (χ1n) is 6.98. The van der Waals surface area contributed by atoms with Crippen LogP contribution in [0.1, 0.15) is 32.6 Å². The summed E-state index contributed by atoms with van der Waals surface area (Å²) in [5, 5.41) is 5.67. The average molecular weight is 253 g/mol. The van der Waals surface area contributed by atoms with Crippen molar-refractivity contribution in [2.75, 3.05) is 5.43 Å². The van der Waals surface area contributed by atoms with Crippen LogP contribution in [0.3, 0.4) is 0 Å². The van der Waals surface area contributed by atoms with Crippen molar-refractivity contribution in [2.24, 2.45) is 11.0 Å². The van der Waals surface area contributed by atoms with Gasteiger partial charge in [0.05, 0.1) is 5.52 Å². The molecule has 1 fully saturated rings. The van der Waals surface area contributed by atoms with Crippen molar-refractivity contribution in [2.45, 2.75) is 32.6 Å². The Morgan fingerprint density at radius 1 is 1.21 bits per heavy atom. The standard InChI is InChI=1S/C16H19N3/c1-12-5-4-7-14(11-12)18-19-16-10-9-13-6-2-3-8-15(13)17-16/h2-3,6,8-10,12H,4-5,7,11H2,1H3,(H,17,19)/b18-14+. The third-order valence-electron chi connectivity index (χ3n) is 3.67. The molecule has 2 aromatic rings. The average Bonchev–Trinajstić information content (AvgIpc) is 2.45. The number of hydrazone groups is 1. The lowest BCUT2D eigenvalue weighted by molar-refractivity contribution is 0.500. The number of hydrogen-bond acceptors (Lipinski definition) is 3. The van der Waals surface area contributed by atoms with Gasteiger partial charge < -0.3 is 0 Å². The van der Waals surface area contributed by atoms with E-state index in [1.165, 1.54) is 18.6 Å². The highest BCUT2D eigenvalue weighted by Crippen LogP contribution is 2.21. The van der Waals surface area contributed by atoms with Crippen molar-refractivity contribution >= 4 is 22.4 Å². The van der Waals surface area contributed by atoms with Gasteiger partial charge in [0.25, 0.3) is 0 Å². The molecule has 0 spiro atoms. The number of aromatic nitrogens is 1. The maximum atomic E-state index is 4.56. The van der Waals surface area contributed by atoms with Crippen LogP contribution in [0.5, 0.6) is 0 Å². The van der Waals surface area contributed by atoms with Gasteiger partial charge in [-0.25, -0.2) is 4.98 Å². The lowest BCUT2D eigenvalue weighted by Crippen LogP contribution is -2.14. The van der Waals surface area contributed by atoms with E-state index in [4.69, 9.17) is 0 Å². The van der Waals surface area contributed by atoms with E-state index in [9.17, 15) is 0 Å². The van der Waals surface area contributed by atoms with Crippen molar-refractivity contribution in [3.05, 3.63) is 36.4 Å². The molecule has 1 aliphatic carbocycles. The summed E-state index contributed by atoms with van der Waals surface area (Å²) in [6, 6.07) is 12.2. The number of pyridine rings is 1. The van der Waals surface area contributed by atoms with Crippen LogP contribution in [0, 0.1) is 5.92 Å². The first-order chi connectivity index (χ1) is 9.31. The zero-order valence-electron chi connectivity index (χ0n) is 11.3. The van der Waals surface area contributed by atoms with Gasteiger partial charge in [-0.3, -0.25) is 5.43 Å². The normalized spacial score (nSPS) is 21.7. The van der Waals surface area contributed by atoms with E-state index in [0.717, 1.165) is 35.5 Å². The first kappa shape index (κ1) is 12.2. The Bertz CT molecular complexity index is 604. The summed E-state index contributed by atoms with van der Waals surface area (Å²) in [6.07, 6.45) is 4.81. The predicted octanol–water partition coefficient (Wildman–Crippen LogP) is 4.21. The van der Waals surface area contributed by atoms with E-state index >= 15 is 0 Å². The van der Waals surface area contributed by atoms with E-state index in [2.05, 4.69) is 34.6 Å². The minimum Gasteiger partial charge on any atom is -0.261 e. The topological polar surface area (TPSA) is 37.3 Å². The minimum absolute atomic E-state index is 0.763. The molecule has 3 rings (SSSR count). The lowest BCUT2D eigenvalue weighted by Gasteiger charge is -2.19. The zero-order valence-corrected chi connectivity index (χ0v) is 11.3. The van der Waals surface area contributed by atoms with Gasteiger partial charge in [-0.2, -0.15) is 5.10 Å². The van der Waals surface area contributed by atoms with Gasteiger partial charge in [0, 0.05) is 11.1 Å². The van der Waals surface area contributed by atoms with Crippen LogP contribution < -0.4 is 5.43 Å². The second-order valence-electron chi connectivity index (χ2n) is 5.38. The molecule has 0 saturated heterocycles. The Balaban J connectivity index is 1.76. The quantitative estimate of drug-likeness (QED) is 0.814. The molecule has 1 aromatic heterocycles. The highest BCUT2D eigenvalue weighted by Gasteiger charge is 2.13. The molecule has 0 radical (unpaired) electrons. The molecule has 1 atom stereocenters. The van der Waals surface area contributed by atoms with Crippen LogP contribution >= 0.6 is 0 Å². The fourth-order valence-corrected chi connectivity index (χ4v) is 2.63. The zero-order chi connectivity index (χ0) is 13.1. The molecular weight excluding hydrogens is 234 g/mol. The molecule has 0 bridgehead atoms. The molecule has 19 heavy (non-hydrogen) atoms. The lowest BCUT2D eigenvalue weighted by atomic mass is 9.89. The van der Waals surface area contributed by atoms with Crippen molar-refractivity contribution in [1.29, 1.82) is 0 Å². The molecule has 1 aromatic carbocycles. The molecule has 1 N–H and O–H groups in total. The SMILES string of the molecule is CC1CCC/C(=N\Nc2ccc3ccccc3n2)C1. The minimum atomic E-state index is 0.763. The number of hydrogen-bond donors (Lipinski definition) is 1. The summed E-state index contributed by atoms with van der Waals surface area (Å²) in [7, 11) is 0. The number of para-hydroxylation sites is 1. The number of nitrogens with one attached hydrogen (secondary N) is 1. The second-order valence-corrected chi connectivity index (χ2v) is 5.38. The van der Waals surface area contributed by atoms with Crippen LogP contribution in [0.25, 0.3) is 10.9 Å². The number of rotatable bonds is 2. The first-order valence-corrected chi connectivity index (χ1v) is 6.98. The summed E-state index contributed by atoms with van der Waals surface area (Å²) < 4.78 is 0. The number of nitrogens with zero attached hydrogens (tertiary/aromatic N) is 2. The Morgan fingerprint density at radius 2 is 2.11 bits per heavy atom. The highest BCUT2D eigenvalue weighted by atomic mass is 15.3. The summed E-state index contributed by atoms with van der Waals surface area (Å²) >= 11 is 0. The molecule has 1 heterocycles. The van der Waals surface area contributed by atoms with Crippen LogP contribution in [0.4, 0.5) is 5.82 Å². The molecule has 3 nitrogen and oxygen atoms in total. The smallest absolute Gasteiger partial charge is 0.146 e. The molecule has 98 valence electrons. The Kier molecular flexibility index (Phi) is 3.45. The third-order valence-corrected chi connectivity index (χ3v) is 3.67. The third kappa shape index (κ3) is 2.92. The van der Waals surface area contributed by atoms with Crippen LogP contribution in [-0.2, 0) is 0 Å². The van der Waals surface area contributed by atoms with E-state index in [1.54, 1.807) is 0 Å². The van der Waals surface area contributed by atoms with Gasteiger partial charge in [-0.05, 0) is 49.8 Å². The van der Waals surface area contributed by atoms with Gasteiger partial charge in [-0.15, -0.1) is 0 Å². The largest absolute Gasteiger partial charge is 0.261 e. The van der Waals surface area contributed by atoms with E-state index < -0.39 is 0 Å². The van der Waals surface area contributed by atoms with E-state index in [1.807, 2.05) is 24.3 Å². The highest BCUT2D eigenvalue weighted by molar-refractivity contribution is 5.86. The maximum Gasteiger partial charge on any atom is 0.146 e. The van der Waals surface area contributed by atoms with Crippen LogP contribution in [0.15, 0.2) is 41.5 Å². The molecule has 0 aliphatic heterocycles. The Morgan fingerprint density at radius 3 is 3.00 bits per heavy atom. The summed E-state index contributed by atoms with van der Waals surface area (Å²) in [5.41, 5.74) is 5.38. The van der Waals surface area contributed by atoms with Crippen molar-refractivity contribution in [3.8, 4) is 0 Å². The summed E-state index contributed by atoms with van der Waals surface area (Å²) in [6.45, 7) is 2.29. The van der Waals surface area contributed by atoms with E-state index in [-0.39, 0.29) is 0 Å². The summed E-state index contributed by atoms with van der Waals surface area (Å²) in [4.78, 5) is 4.56. The van der Waals surface area contributed by atoms with Crippen LogP contribution in [-0.4, -0.2) is 10.7 Å². The van der Waals surface area contributed by atoms with Gasteiger partial charge in [0.1, 0.15) is 5.82 Å². The summed E-state index contributed by atoms with van der Waals surface area (Å²) in [5.74, 6) is 1.59. The van der Waals surface area contributed by atoms with Gasteiger partial charge in [0.2, 0.25) is 0 Å². The van der Waals surface area contributed by atoms with Crippen molar-refractivity contribution in [3.63, 3.8) is 0 Å². The molecular formula is C16H19N3. The van der Waals surface area contributed by atoms with Gasteiger partial charge >= 0.3 is 0 Å². The second kappa shape index (κ2) is 5.39. The fraction of sp³-hybridized carbons (Fsp3) is 0.375. The molecule has 1 unspecified atom stereocenters. The van der Waals surface area contributed by atoms with E-state index in [0.29, 0.717) is 0 Å². The van der Waals surface area contributed by atoms with Crippen LogP contribution in [0.2, 0.25) is 0 Å². The van der Waals surface area contributed by atoms with Crippen molar-refractivity contribution < 1.29 is 0 Å². The number of fused-ring (bicyclic) bond motifs is 1. The van der Waals surface area contributed by atoms with Gasteiger partial charge in [0.15, 0.2) is 0 Å². The molecule has 1 saturated carbocycles.